The van der Waals surface area contributed by atoms with Gasteiger partial charge in [-0.15, -0.1) is 0 Å². The van der Waals surface area contributed by atoms with Gasteiger partial charge in [0.2, 0.25) is 6.10 Å². The fourth-order valence-corrected chi connectivity index (χ4v) is 3.35. The molecule has 0 bridgehead atoms. The summed E-state index contributed by atoms with van der Waals surface area (Å²) in [5.74, 6) is 1.33. The van der Waals surface area contributed by atoms with E-state index in [0.717, 1.165) is 24.9 Å². The highest BCUT2D eigenvalue weighted by atomic mass is 16.6. The molecule has 6 nitrogen and oxygen atoms in total. The number of fused-ring (bicyclic) bond motifs is 1. The van der Waals surface area contributed by atoms with Crippen LogP contribution in [0.15, 0.2) is 36.7 Å². The number of benzene rings is 1. The van der Waals surface area contributed by atoms with Gasteiger partial charge in [0.15, 0.2) is 11.5 Å². The highest BCUT2D eigenvalue weighted by Gasteiger charge is 2.34. The van der Waals surface area contributed by atoms with Gasteiger partial charge in [-0.05, 0) is 37.5 Å². The van der Waals surface area contributed by atoms with Crippen LogP contribution in [-0.2, 0) is 4.79 Å². The van der Waals surface area contributed by atoms with Crippen molar-refractivity contribution >= 4 is 5.91 Å². The van der Waals surface area contributed by atoms with Crippen molar-refractivity contribution in [3.63, 3.8) is 0 Å². The van der Waals surface area contributed by atoms with E-state index in [0.29, 0.717) is 18.0 Å². The summed E-state index contributed by atoms with van der Waals surface area (Å²) < 4.78 is 13.5. The molecule has 24 heavy (non-hydrogen) atoms. The van der Waals surface area contributed by atoms with Crippen LogP contribution in [0, 0.1) is 6.92 Å². The zero-order chi connectivity index (χ0) is 16.5. The summed E-state index contributed by atoms with van der Waals surface area (Å²) in [4.78, 5) is 14.7. The summed E-state index contributed by atoms with van der Waals surface area (Å²) in [7, 11) is 0. The number of hydrogen-bond donors (Lipinski definition) is 0. The first kappa shape index (κ1) is 15.1. The molecule has 1 amide bonds. The fourth-order valence-electron chi connectivity index (χ4n) is 3.35. The summed E-state index contributed by atoms with van der Waals surface area (Å²) >= 11 is 0. The zero-order valence-corrected chi connectivity index (χ0v) is 13.7. The summed E-state index contributed by atoms with van der Waals surface area (Å²) in [5, 5.41) is 4.40. The Bertz CT molecular complexity index is 743. The third-order valence-electron chi connectivity index (χ3n) is 4.60. The van der Waals surface area contributed by atoms with E-state index in [9.17, 15) is 4.79 Å². The van der Waals surface area contributed by atoms with Gasteiger partial charge in [-0.25, -0.2) is 0 Å². The van der Waals surface area contributed by atoms with Crippen LogP contribution in [0.1, 0.15) is 24.4 Å². The highest BCUT2D eigenvalue weighted by Crippen LogP contribution is 2.32. The molecule has 2 aliphatic heterocycles. The summed E-state index contributed by atoms with van der Waals surface area (Å²) in [6.07, 6.45) is 5.33. The number of likely N-dealkylation sites (tertiary alicyclic amines) is 1. The van der Waals surface area contributed by atoms with Crippen LogP contribution in [0.2, 0.25) is 0 Å². The first-order valence-electron chi connectivity index (χ1n) is 8.39. The van der Waals surface area contributed by atoms with Crippen molar-refractivity contribution < 1.29 is 14.3 Å². The molecule has 1 fully saturated rings. The van der Waals surface area contributed by atoms with Crippen molar-refractivity contribution in [2.24, 2.45) is 0 Å². The highest BCUT2D eigenvalue weighted by molar-refractivity contribution is 5.82. The lowest BCUT2D eigenvalue weighted by atomic mass is 10.1. The molecule has 0 aliphatic carbocycles. The van der Waals surface area contributed by atoms with Gasteiger partial charge in [0, 0.05) is 19.3 Å². The number of para-hydroxylation sites is 2. The molecule has 0 radical (unpaired) electrons. The minimum absolute atomic E-state index is 0.00178. The van der Waals surface area contributed by atoms with Gasteiger partial charge in [0.1, 0.15) is 6.61 Å². The van der Waals surface area contributed by atoms with Crippen molar-refractivity contribution in [2.75, 3.05) is 19.7 Å². The standard InChI is InChI=1S/C18H21N3O3/c1-13-9-19-21(10-13)14-5-4-8-20(11-14)18(22)17-12-23-15-6-2-3-7-16(15)24-17/h2-3,6-7,9-10,14,17H,4-5,8,11-12H2,1H3/t14-,17+/m1/s1. The number of aryl methyl sites for hydroxylation is 1. The molecule has 2 aliphatic rings. The molecule has 6 heteroatoms. The van der Waals surface area contributed by atoms with E-state index < -0.39 is 6.10 Å². The van der Waals surface area contributed by atoms with Gasteiger partial charge in [0.05, 0.1) is 12.2 Å². The maximum atomic E-state index is 12.8. The normalized spacial score (nSPS) is 23.1. The lowest BCUT2D eigenvalue weighted by Crippen LogP contribution is -2.50. The molecule has 126 valence electrons. The maximum Gasteiger partial charge on any atom is 0.267 e. The quantitative estimate of drug-likeness (QED) is 0.848. The average molecular weight is 327 g/mol. The summed E-state index contributed by atoms with van der Waals surface area (Å²) in [6.45, 7) is 3.72. The molecule has 4 rings (SSSR count). The van der Waals surface area contributed by atoms with Gasteiger partial charge < -0.3 is 14.4 Å². The van der Waals surface area contributed by atoms with Crippen LogP contribution in [0.25, 0.3) is 0 Å². The minimum atomic E-state index is -0.571. The number of carbonyl (C=O) groups excluding carboxylic acids is 1. The number of aromatic nitrogens is 2. The molecule has 2 aromatic rings. The Balaban J connectivity index is 1.45. The summed E-state index contributed by atoms with van der Waals surface area (Å²) in [6, 6.07) is 7.69. The molecule has 0 spiro atoms. The zero-order valence-electron chi connectivity index (χ0n) is 13.7. The molecule has 3 heterocycles. The summed E-state index contributed by atoms with van der Waals surface area (Å²) in [5.41, 5.74) is 1.14. The maximum absolute atomic E-state index is 12.8. The fraction of sp³-hybridized carbons (Fsp3) is 0.444. The molecule has 1 aromatic heterocycles. The van der Waals surface area contributed by atoms with Crippen LogP contribution in [0.3, 0.4) is 0 Å². The first-order chi connectivity index (χ1) is 11.7. The van der Waals surface area contributed by atoms with Crippen LogP contribution in [-0.4, -0.2) is 46.4 Å². The van der Waals surface area contributed by atoms with Crippen molar-refractivity contribution in [1.82, 2.24) is 14.7 Å². The molecule has 1 saturated heterocycles. The molecule has 0 saturated carbocycles. The van der Waals surface area contributed by atoms with Gasteiger partial charge in [-0.3, -0.25) is 9.48 Å². The van der Waals surface area contributed by atoms with E-state index in [4.69, 9.17) is 9.47 Å². The van der Waals surface area contributed by atoms with Crippen molar-refractivity contribution in [3.8, 4) is 11.5 Å². The number of carbonyl (C=O) groups is 1. The van der Waals surface area contributed by atoms with E-state index in [-0.39, 0.29) is 18.6 Å². The second-order valence-corrected chi connectivity index (χ2v) is 6.44. The first-order valence-corrected chi connectivity index (χ1v) is 8.39. The van der Waals surface area contributed by atoms with Gasteiger partial charge in [-0.2, -0.15) is 5.10 Å². The van der Waals surface area contributed by atoms with E-state index in [2.05, 4.69) is 5.10 Å². The Morgan fingerprint density at radius 1 is 1.29 bits per heavy atom. The van der Waals surface area contributed by atoms with E-state index >= 15 is 0 Å². The van der Waals surface area contributed by atoms with E-state index in [1.54, 1.807) is 0 Å². The number of ether oxygens (including phenoxy) is 2. The second-order valence-electron chi connectivity index (χ2n) is 6.44. The van der Waals surface area contributed by atoms with Gasteiger partial charge >= 0.3 is 0 Å². The minimum Gasteiger partial charge on any atom is -0.485 e. The van der Waals surface area contributed by atoms with E-state index in [1.807, 2.05) is 53.2 Å². The van der Waals surface area contributed by atoms with Crippen molar-refractivity contribution in [3.05, 3.63) is 42.2 Å². The topological polar surface area (TPSA) is 56.6 Å². The Hall–Kier alpha value is -2.50. The van der Waals surface area contributed by atoms with Crippen LogP contribution in [0.5, 0.6) is 11.5 Å². The number of nitrogens with zero attached hydrogens (tertiary/aromatic N) is 3. The van der Waals surface area contributed by atoms with Crippen molar-refractivity contribution in [1.29, 1.82) is 0 Å². The number of rotatable bonds is 2. The van der Waals surface area contributed by atoms with Crippen LogP contribution < -0.4 is 9.47 Å². The molecule has 0 N–H and O–H groups in total. The molecule has 0 unspecified atom stereocenters. The predicted octanol–water partition coefficient (Wildman–Crippen LogP) is 2.20. The monoisotopic (exact) mass is 327 g/mol. The number of hydrogen-bond acceptors (Lipinski definition) is 4. The van der Waals surface area contributed by atoms with E-state index in [1.165, 1.54) is 0 Å². The van der Waals surface area contributed by atoms with Gasteiger partial charge in [0.25, 0.3) is 5.91 Å². The Labute approximate surface area is 141 Å². The molecule has 1 aromatic carbocycles. The van der Waals surface area contributed by atoms with Gasteiger partial charge in [-0.1, -0.05) is 12.1 Å². The molecule has 2 atom stereocenters. The molecular formula is C18H21N3O3. The van der Waals surface area contributed by atoms with Crippen LogP contribution in [0.4, 0.5) is 0 Å². The number of amides is 1. The third kappa shape index (κ3) is 2.84. The Morgan fingerprint density at radius 2 is 2.12 bits per heavy atom. The van der Waals surface area contributed by atoms with Crippen LogP contribution >= 0.6 is 0 Å². The SMILES string of the molecule is Cc1cnn([C@@H]2CCCN(C(=O)[C@@H]3COc4ccccc4O3)C2)c1. The second kappa shape index (κ2) is 6.19. The third-order valence-corrected chi connectivity index (χ3v) is 4.60. The molecular weight excluding hydrogens is 306 g/mol. The average Bonchev–Trinajstić information content (AvgIpc) is 3.07. The largest absolute Gasteiger partial charge is 0.485 e. The Kier molecular flexibility index (Phi) is 3.88. The number of piperidine rings is 1. The lowest BCUT2D eigenvalue weighted by Gasteiger charge is -2.36. The lowest BCUT2D eigenvalue weighted by molar-refractivity contribution is -0.143. The van der Waals surface area contributed by atoms with Crippen molar-refractivity contribution in [2.45, 2.75) is 31.9 Å². The Morgan fingerprint density at radius 3 is 2.92 bits per heavy atom. The predicted molar refractivity (Wildman–Crippen MR) is 88.2 cm³/mol. The smallest absolute Gasteiger partial charge is 0.267 e.